The summed E-state index contributed by atoms with van der Waals surface area (Å²) in [6, 6.07) is 16.5. The lowest BCUT2D eigenvalue weighted by atomic mass is 10.1. The van der Waals surface area contributed by atoms with Crippen molar-refractivity contribution in [2.75, 3.05) is 12.4 Å². The number of hydrogen-bond acceptors (Lipinski definition) is 3. The number of nitrogens with one attached hydrogen (secondary N) is 1. The lowest BCUT2D eigenvalue weighted by molar-refractivity contribution is -0.116. The summed E-state index contributed by atoms with van der Waals surface area (Å²) in [5, 5.41) is 3.78. The molecule has 0 fully saturated rings. The second-order valence-electron chi connectivity index (χ2n) is 5.84. The predicted octanol–water partition coefficient (Wildman–Crippen LogP) is 3.35. The van der Waals surface area contributed by atoms with Crippen molar-refractivity contribution >= 4 is 22.5 Å². The van der Waals surface area contributed by atoms with Gasteiger partial charge in [-0.15, -0.1) is 0 Å². The lowest BCUT2D eigenvalue weighted by Crippen LogP contribution is -2.24. The van der Waals surface area contributed by atoms with Crippen LogP contribution in [0.4, 0.5) is 5.69 Å². The van der Waals surface area contributed by atoms with Crippen LogP contribution >= 0.6 is 0 Å². The van der Waals surface area contributed by atoms with E-state index in [1.807, 2.05) is 55.5 Å². The molecule has 3 aromatic rings. The summed E-state index contributed by atoms with van der Waals surface area (Å²) in [6.45, 7) is 2.18. The molecule has 0 aliphatic rings. The number of pyridine rings is 1. The maximum atomic E-state index is 12.5. The first kappa shape index (κ1) is 16.8. The minimum atomic E-state index is -0.137. The van der Waals surface area contributed by atoms with Crippen molar-refractivity contribution in [3.8, 4) is 5.75 Å². The summed E-state index contributed by atoms with van der Waals surface area (Å²) in [5.74, 6) is 0.489. The molecule has 1 N–H and O–H groups in total. The Labute approximate surface area is 145 Å². The number of para-hydroxylation sites is 2. The van der Waals surface area contributed by atoms with Crippen molar-refractivity contribution in [3.63, 3.8) is 0 Å². The maximum absolute atomic E-state index is 12.5. The van der Waals surface area contributed by atoms with E-state index < -0.39 is 0 Å². The van der Waals surface area contributed by atoms with Crippen molar-refractivity contribution in [2.45, 2.75) is 19.9 Å². The predicted molar refractivity (Wildman–Crippen MR) is 99.2 cm³/mol. The molecular weight excluding hydrogens is 316 g/mol. The number of carbonyl (C=O) groups excluding carboxylic acids is 1. The number of carbonyl (C=O) groups is 1. The molecule has 1 amide bonds. The molecule has 0 saturated carbocycles. The number of anilines is 1. The van der Waals surface area contributed by atoms with Crippen LogP contribution in [0, 0.1) is 6.92 Å². The molecule has 2 aromatic carbocycles. The maximum Gasteiger partial charge on any atom is 0.251 e. The van der Waals surface area contributed by atoms with E-state index in [9.17, 15) is 9.59 Å². The van der Waals surface area contributed by atoms with E-state index in [4.69, 9.17) is 4.74 Å². The van der Waals surface area contributed by atoms with E-state index >= 15 is 0 Å². The van der Waals surface area contributed by atoms with Crippen molar-refractivity contribution < 1.29 is 9.53 Å². The van der Waals surface area contributed by atoms with Crippen molar-refractivity contribution in [1.29, 1.82) is 0 Å². The van der Waals surface area contributed by atoms with Crippen LogP contribution in [0.5, 0.6) is 5.75 Å². The lowest BCUT2D eigenvalue weighted by Gasteiger charge is -2.15. The molecule has 0 bridgehead atoms. The molecule has 3 rings (SSSR count). The molecule has 0 unspecified atom stereocenters. The van der Waals surface area contributed by atoms with E-state index in [1.165, 1.54) is 0 Å². The number of amides is 1. The van der Waals surface area contributed by atoms with Gasteiger partial charge in [-0.3, -0.25) is 9.59 Å². The molecule has 5 heteroatoms. The van der Waals surface area contributed by atoms with Crippen molar-refractivity contribution in [2.24, 2.45) is 0 Å². The summed E-state index contributed by atoms with van der Waals surface area (Å²) in [4.78, 5) is 24.7. The number of ether oxygens (including phenoxy) is 1. The summed E-state index contributed by atoms with van der Waals surface area (Å²) in [5.41, 5.74) is 2.22. The van der Waals surface area contributed by atoms with Crippen LogP contribution in [0.3, 0.4) is 0 Å². The van der Waals surface area contributed by atoms with Gasteiger partial charge in [-0.2, -0.15) is 0 Å². The number of hydrogen-bond donors (Lipinski definition) is 1. The molecule has 25 heavy (non-hydrogen) atoms. The molecule has 1 aromatic heterocycles. The van der Waals surface area contributed by atoms with Gasteiger partial charge in [-0.25, -0.2) is 0 Å². The molecule has 0 atom stereocenters. The first-order chi connectivity index (χ1) is 12.1. The zero-order valence-electron chi connectivity index (χ0n) is 14.3. The third-order valence-corrected chi connectivity index (χ3v) is 4.14. The Morgan fingerprint density at radius 1 is 1.12 bits per heavy atom. The average molecular weight is 336 g/mol. The average Bonchev–Trinajstić information content (AvgIpc) is 2.62. The Morgan fingerprint density at radius 2 is 1.88 bits per heavy atom. The van der Waals surface area contributed by atoms with Crippen LogP contribution in [-0.4, -0.2) is 17.6 Å². The molecule has 0 radical (unpaired) electrons. The summed E-state index contributed by atoms with van der Waals surface area (Å²) in [7, 11) is 1.58. The van der Waals surface area contributed by atoms with Gasteiger partial charge in [0.05, 0.1) is 12.6 Å². The molecule has 128 valence electrons. The van der Waals surface area contributed by atoms with Crippen LogP contribution < -0.4 is 15.6 Å². The molecular formula is C20H20N2O3. The van der Waals surface area contributed by atoms with Gasteiger partial charge in [0, 0.05) is 30.1 Å². The standard InChI is InChI=1S/C20H20N2O3/c1-14-13-19(24)22(20-16(14)9-6-10-17(20)25-2)12-11-18(23)21-15-7-4-3-5-8-15/h3-10,13H,11-12H2,1-2H3,(H,21,23). The fourth-order valence-corrected chi connectivity index (χ4v) is 2.92. The smallest absolute Gasteiger partial charge is 0.251 e. The van der Waals surface area contributed by atoms with Gasteiger partial charge in [0.15, 0.2) is 0 Å². The molecule has 5 nitrogen and oxygen atoms in total. The monoisotopic (exact) mass is 336 g/mol. The van der Waals surface area contributed by atoms with E-state index in [2.05, 4.69) is 5.32 Å². The first-order valence-electron chi connectivity index (χ1n) is 8.12. The Bertz CT molecular complexity index is 962. The largest absolute Gasteiger partial charge is 0.495 e. The SMILES string of the molecule is COc1cccc2c(C)cc(=O)n(CCC(=O)Nc3ccccc3)c12. The number of aryl methyl sites for hydroxylation is 2. The van der Waals surface area contributed by atoms with Gasteiger partial charge >= 0.3 is 0 Å². The van der Waals surface area contributed by atoms with Crippen molar-refractivity contribution in [3.05, 3.63) is 70.5 Å². The number of methoxy groups -OCH3 is 1. The Morgan fingerprint density at radius 3 is 2.60 bits per heavy atom. The van der Waals surface area contributed by atoms with Gasteiger partial charge in [0.1, 0.15) is 5.75 Å². The van der Waals surface area contributed by atoms with Crippen molar-refractivity contribution in [1.82, 2.24) is 4.57 Å². The third kappa shape index (κ3) is 3.55. The zero-order chi connectivity index (χ0) is 17.8. The minimum Gasteiger partial charge on any atom is -0.495 e. The van der Waals surface area contributed by atoms with Gasteiger partial charge in [-0.05, 0) is 30.7 Å². The van der Waals surface area contributed by atoms with Crippen LogP contribution in [0.1, 0.15) is 12.0 Å². The van der Waals surface area contributed by atoms with Gasteiger partial charge in [-0.1, -0.05) is 30.3 Å². The summed E-state index contributed by atoms with van der Waals surface area (Å²) in [6.07, 6.45) is 0.199. The van der Waals surface area contributed by atoms with Crippen LogP contribution in [0.25, 0.3) is 10.9 Å². The van der Waals surface area contributed by atoms with E-state index in [0.29, 0.717) is 5.75 Å². The summed E-state index contributed by atoms with van der Waals surface area (Å²) < 4.78 is 7.02. The molecule has 0 aliphatic heterocycles. The number of nitrogens with zero attached hydrogens (tertiary/aromatic N) is 1. The fourth-order valence-electron chi connectivity index (χ4n) is 2.92. The number of benzene rings is 2. The van der Waals surface area contributed by atoms with Crippen LogP contribution in [0.2, 0.25) is 0 Å². The van der Waals surface area contributed by atoms with Gasteiger partial charge in [0.25, 0.3) is 5.56 Å². The second-order valence-corrected chi connectivity index (χ2v) is 5.84. The highest BCUT2D eigenvalue weighted by Crippen LogP contribution is 2.26. The summed E-state index contributed by atoms with van der Waals surface area (Å²) >= 11 is 0. The topological polar surface area (TPSA) is 60.3 Å². The molecule has 0 saturated heterocycles. The second kappa shape index (κ2) is 7.21. The fraction of sp³-hybridized carbons (Fsp3) is 0.200. The highest BCUT2D eigenvalue weighted by Gasteiger charge is 2.12. The number of aromatic nitrogens is 1. The van der Waals surface area contributed by atoms with Crippen LogP contribution in [-0.2, 0) is 11.3 Å². The van der Waals surface area contributed by atoms with Gasteiger partial charge in [0.2, 0.25) is 5.91 Å². The Balaban J connectivity index is 1.88. The first-order valence-corrected chi connectivity index (χ1v) is 8.12. The number of fused-ring (bicyclic) bond motifs is 1. The highest BCUT2D eigenvalue weighted by atomic mass is 16.5. The van der Waals surface area contributed by atoms with E-state index in [-0.39, 0.29) is 24.4 Å². The molecule has 0 spiro atoms. The molecule has 0 aliphatic carbocycles. The van der Waals surface area contributed by atoms with E-state index in [1.54, 1.807) is 17.7 Å². The zero-order valence-corrected chi connectivity index (χ0v) is 14.3. The van der Waals surface area contributed by atoms with E-state index in [0.717, 1.165) is 22.2 Å². The third-order valence-electron chi connectivity index (χ3n) is 4.14. The molecule has 1 heterocycles. The number of rotatable bonds is 5. The van der Waals surface area contributed by atoms with Crippen LogP contribution in [0.15, 0.2) is 59.4 Å². The van der Waals surface area contributed by atoms with Gasteiger partial charge < -0.3 is 14.6 Å². The highest BCUT2D eigenvalue weighted by molar-refractivity contribution is 5.91. The normalized spacial score (nSPS) is 10.6. The minimum absolute atomic E-state index is 0.137. The Kier molecular flexibility index (Phi) is 4.84. The quantitative estimate of drug-likeness (QED) is 0.777. The Hall–Kier alpha value is -3.08.